The molecule has 0 aliphatic rings. The molecule has 12 heavy (non-hydrogen) atoms. The van der Waals surface area contributed by atoms with Crippen molar-refractivity contribution in [2.75, 3.05) is 0 Å². The highest BCUT2D eigenvalue weighted by Crippen LogP contribution is 2.26. The second kappa shape index (κ2) is 2.68. The van der Waals surface area contributed by atoms with Crippen molar-refractivity contribution in [1.29, 1.82) is 0 Å². The van der Waals surface area contributed by atoms with Gasteiger partial charge in [0.05, 0.1) is 0 Å². The van der Waals surface area contributed by atoms with Crippen molar-refractivity contribution >= 4 is 23.5 Å². The highest BCUT2D eigenvalue weighted by Gasteiger charge is 2.01. The number of nitrogens with zero attached hydrogens (tertiary/aromatic N) is 1. The van der Waals surface area contributed by atoms with Gasteiger partial charge in [-0.2, -0.15) is 0 Å². The van der Waals surface area contributed by atoms with Crippen LogP contribution >= 0.6 is 12.6 Å². The Bertz CT molecular complexity index is 387. The molecule has 0 spiro atoms. The van der Waals surface area contributed by atoms with Crippen LogP contribution in [0.25, 0.3) is 10.9 Å². The number of aromatic hydroxyl groups is 1. The van der Waals surface area contributed by atoms with Crippen LogP contribution in [-0.2, 0) is 0 Å². The fraction of sp³-hybridized carbons (Fsp3) is 0. The number of benzene rings is 1. The summed E-state index contributed by atoms with van der Waals surface area (Å²) in [4.78, 5) is 4.87. The van der Waals surface area contributed by atoms with E-state index < -0.39 is 0 Å². The number of thiol groups is 1. The van der Waals surface area contributed by atoms with E-state index in [4.69, 9.17) is 0 Å². The molecule has 2 aromatic rings. The molecule has 0 saturated heterocycles. The fourth-order valence-corrected chi connectivity index (χ4v) is 1.40. The molecule has 0 radical (unpaired) electrons. The smallest absolute Gasteiger partial charge is 0.141 e. The highest BCUT2D eigenvalue weighted by atomic mass is 32.1. The Balaban J connectivity index is 2.95. The number of phenols is 1. The predicted octanol–water partition coefficient (Wildman–Crippen LogP) is 2.23. The molecule has 0 bridgehead atoms. The summed E-state index contributed by atoms with van der Waals surface area (Å²) in [6.07, 6.45) is 1.65. The fourth-order valence-electron chi connectivity index (χ4n) is 1.14. The first-order valence-electron chi connectivity index (χ1n) is 3.55. The molecule has 0 amide bonds. The summed E-state index contributed by atoms with van der Waals surface area (Å²) < 4.78 is 0. The molecular formula is C9H7NOS. The van der Waals surface area contributed by atoms with Crippen LogP contribution in [0.2, 0.25) is 0 Å². The Labute approximate surface area is 75.3 Å². The van der Waals surface area contributed by atoms with Crippen molar-refractivity contribution in [2.45, 2.75) is 4.90 Å². The van der Waals surface area contributed by atoms with Gasteiger partial charge in [-0.1, -0.05) is 6.07 Å². The van der Waals surface area contributed by atoms with Crippen molar-refractivity contribution in [3.63, 3.8) is 0 Å². The Hall–Kier alpha value is -1.22. The lowest BCUT2D eigenvalue weighted by atomic mass is 10.2. The van der Waals surface area contributed by atoms with Crippen molar-refractivity contribution < 1.29 is 5.11 Å². The van der Waals surface area contributed by atoms with Crippen LogP contribution in [0.4, 0.5) is 0 Å². The lowest BCUT2D eigenvalue weighted by molar-refractivity contribution is 0.480. The number of hydrogen-bond donors (Lipinski definition) is 2. The Morgan fingerprint density at radius 2 is 2.08 bits per heavy atom. The minimum Gasteiger partial charge on any atom is -0.506 e. The van der Waals surface area contributed by atoms with Gasteiger partial charge >= 0.3 is 0 Å². The van der Waals surface area contributed by atoms with Gasteiger partial charge in [-0.05, 0) is 18.2 Å². The molecule has 0 atom stereocenters. The van der Waals surface area contributed by atoms with E-state index in [-0.39, 0.29) is 5.75 Å². The van der Waals surface area contributed by atoms with E-state index in [2.05, 4.69) is 17.6 Å². The normalized spacial score (nSPS) is 10.4. The van der Waals surface area contributed by atoms with E-state index >= 15 is 0 Å². The Morgan fingerprint density at radius 3 is 2.83 bits per heavy atom. The molecule has 2 nitrogen and oxygen atoms in total. The van der Waals surface area contributed by atoms with Gasteiger partial charge in [0, 0.05) is 16.5 Å². The lowest BCUT2D eigenvalue weighted by Crippen LogP contribution is -1.79. The molecule has 1 aromatic carbocycles. The minimum absolute atomic E-state index is 0.198. The van der Waals surface area contributed by atoms with Gasteiger partial charge < -0.3 is 5.11 Å². The molecular weight excluding hydrogens is 170 g/mol. The maximum Gasteiger partial charge on any atom is 0.141 e. The third kappa shape index (κ3) is 1.02. The van der Waals surface area contributed by atoms with Crippen LogP contribution in [0.1, 0.15) is 0 Å². The summed E-state index contributed by atoms with van der Waals surface area (Å²) in [6.45, 7) is 0. The second-order valence-electron chi connectivity index (χ2n) is 2.50. The molecule has 0 aliphatic heterocycles. The van der Waals surface area contributed by atoms with Gasteiger partial charge in [0.2, 0.25) is 0 Å². The van der Waals surface area contributed by atoms with E-state index in [0.29, 0.717) is 5.52 Å². The number of pyridine rings is 1. The molecule has 0 unspecified atom stereocenters. The van der Waals surface area contributed by atoms with E-state index in [1.165, 1.54) is 0 Å². The third-order valence-electron chi connectivity index (χ3n) is 1.73. The molecule has 60 valence electrons. The van der Waals surface area contributed by atoms with E-state index in [1.807, 2.05) is 12.1 Å². The van der Waals surface area contributed by atoms with Gasteiger partial charge in [0.15, 0.2) is 0 Å². The van der Waals surface area contributed by atoms with Crippen LogP contribution < -0.4 is 0 Å². The van der Waals surface area contributed by atoms with Gasteiger partial charge in [0.1, 0.15) is 11.3 Å². The average molecular weight is 177 g/mol. The average Bonchev–Trinajstić information content (AvgIpc) is 2.12. The summed E-state index contributed by atoms with van der Waals surface area (Å²) in [5.74, 6) is 0.198. The molecule has 3 heteroatoms. The first-order chi connectivity index (χ1) is 5.79. The largest absolute Gasteiger partial charge is 0.506 e. The molecule has 0 aliphatic carbocycles. The van der Waals surface area contributed by atoms with E-state index in [0.717, 1.165) is 10.3 Å². The van der Waals surface area contributed by atoms with Crippen LogP contribution in [0.5, 0.6) is 5.75 Å². The minimum atomic E-state index is 0.198. The van der Waals surface area contributed by atoms with E-state index in [1.54, 1.807) is 18.3 Å². The highest BCUT2D eigenvalue weighted by molar-refractivity contribution is 7.80. The molecule has 1 heterocycles. The first kappa shape index (κ1) is 7.43. The van der Waals surface area contributed by atoms with Crippen molar-refractivity contribution in [3.8, 4) is 5.75 Å². The summed E-state index contributed by atoms with van der Waals surface area (Å²) in [5, 5.41) is 10.3. The molecule has 0 fully saturated rings. The summed E-state index contributed by atoms with van der Waals surface area (Å²) in [5.41, 5.74) is 0.602. The topological polar surface area (TPSA) is 33.1 Å². The Morgan fingerprint density at radius 1 is 1.25 bits per heavy atom. The van der Waals surface area contributed by atoms with Crippen LogP contribution in [0, 0.1) is 0 Å². The number of aromatic nitrogens is 1. The van der Waals surface area contributed by atoms with Crippen molar-refractivity contribution in [1.82, 2.24) is 4.98 Å². The monoisotopic (exact) mass is 177 g/mol. The summed E-state index contributed by atoms with van der Waals surface area (Å²) >= 11 is 4.25. The second-order valence-corrected chi connectivity index (χ2v) is 2.99. The zero-order valence-corrected chi connectivity index (χ0v) is 7.12. The van der Waals surface area contributed by atoms with Gasteiger partial charge in [-0.15, -0.1) is 12.6 Å². The molecule has 1 aromatic heterocycles. The standard InChI is InChI=1S/C9H7NOS/c11-7-3-4-8(12)6-2-1-5-10-9(6)7/h1-5,11-12H. The number of rotatable bonds is 0. The van der Waals surface area contributed by atoms with Gasteiger partial charge in [0.25, 0.3) is 0 Å². The number of hydrogen-bond acceptors (Lipinski definition) is 3. The molecule has 1 N–H and O–H groups in total. The maximum atomic E-state index is 9.40. The van der Waals surface area contributed by atoms with Gasteiger partial charge in [-0.3, -0.25) is 4.98 Å². The van der Waals surface area contributed by atoms with E-state index in [9.17, 15) is 5.11 Å². The zero-order chi connectivity index (χ0) is 8.55. The van der Waals surface area contributed by atoms with Crippen LogP contribution in [-0.4, -0.2) is 10.1 Å². The third-order valence-corrected chi connectivity index (χ3v) is 2.12. The zero-order valence-electron chi connectivity index (χ0n) is 6.23. The van der Waals surface area contributed by atoms with Gasteiger partial charge in [-0.25, -0.2) is 0 Å². The SMILES string of the molecule is Oc1ccc(S)c2cccnc12. The number of fused-ring (bicyclic) bond motifs is 1. The Kier molecular flexibility index (Phi) is 1.66. The molecule has 0 saturated carbocycles. The predicted molar refractivity (Wildman–Crippen MR) is 50.7 cm³/mol. The maximum absolute atomic E-state index is 9.40. The summed E-state index contributed by atoms with van der Waals surface area (Å²) in [6, 6.07) is 7.05. The van der Waals surface area contributed by atoms with Crippen LogP contribution in [0.15, 0.2) is 35.4 Å². The van der Waals surface area contributed by atoms with Crippen LogP contribution in [0.3, 0.4) is 0 Å². The first-order valence-corrected chi connectivity index (χ1v) is 3.99. The molecule has 2 rings (SSSR count). The van der Waals surface area contributed by atoms with Crippen molar-refractivity contribution in [3.05, 3.63) is 30.5 Å². The van der Waals surface area contributed by atoms with Crippen molar-refractivity contribution in [2.24, 2.45) is 0 Å². The quantitative estimate of drug-likeness (QED) is 0.605. The summed E-state index contributed by atoms with van der Waals surface area (Å²) in [7, 11) is 0. The lowest BCUT2D eigenvalue weighted by Gasteiger charge is -2.00. The number of phenolic OH excluding ortho intramolecular Hbond substituents is 1.